The molecule has 1 aliphatic heterocycles. The van der Waals surface area contributed by atoms with Gasteiger partial charge in [0.2, 0.25) is 5.91 Å². The van der Waals surface area contributed by atoms with Crippen LogP contribution in [-0.4, -0.2) is 49.1 Å². The molecular formula is C5H10BiNO2. The fourth-order valence-electron chi connectivity index (χ4n) is 0.783. The van der Waals surface area contributed by atoms with Gasteiger partial charge in [-0.05, 0) is 6.42 Å². The molecular weight excluding hydrogens is 315 g/mol. The molecule has 1 rings (SSSR count). The third-order valence-electron chi connectivity index (χ3n) is 1.31. The van der Waals surface area contributed by atoms with Crippen LogP contribution in [0.3, 0.4) is 0 Å². The second-order valence-corrected chi connectivity index (χ2v) is 1.92. The van der Waals surface area contributed by atoms with Crippen molar-refractivity contribution in [3.63, 3.8) is 0 Å². The average Bonchev–Trinajstić information content (AvgIpc) is 2.23. The molecule has 0 aromatic rings. The number of carbonyl (C=O) groups is 1. The molecule has 52 valence electrons. The SMILES string of the molecule is CN1CCCC1=O.[O]=[BiH]. The van der Waals surface area contributed by atoms with Gasteiger partial charge in [-0.1, -0.05) is 0 Å². The molecule has 0 N–H and O–H groups in total. The van der Waals surface area contributed by atoms with Gasteiger partial charge < -0.3 is 4.90 Å². The van der Waals surface area contributed by atoms with Crippen LogP contribution in [0.15, 0.2) is 0 Å². The van der Waals surface area contributed by atoms with Crippen molar-refractivity contribution in [1.29, 1.82) is 0 Å². The van der Waals surface area contributed by atoms with E-state index in [0.717, 1.165) is 19.4 Å². The summed E-state index contributed by atoms with van der Waals surface area (Å²) in [5.74, 6) is 0.292. The minimum absolute atomic E-state index is 0.0556. The van der Waals surface area contributed by atoms with Crippen molar-refractivity contribution in [2.45, 2.75) is 12.8 Å². The number of nitrogens with zero attached hydrogens (tertiary/aromatic N) is 1. The van der Waals surface area contributed by atoms with Gasteiger partial charge in [0.05, 0.1) is 0 Å². The summed E-state index contributed by atoms with van der Waals surface area (Å²) in [7, 11) is 1.84. The quantitative estimate of drug-likeness (QED) is 0.562. The number of hydrogen-bond acceptors (Lipinski definition) is 2. The van der Waals surface area contributed by atoms with E-state index in [9.17, 15) is 4.79 Å². The molecule has 0 aromatic carbocycles. The Bertz CT molecular complexity index is 107. The number of rotatable bonds is 0. The van der Waals surface area contributed by atoms with Crippen LogP contribution in [0.5, 0.6) is 0 Å². The molecule has 1 amide bonds. The maximum atomic E-state index is 10.5. The zero-order valence-corrected chi connectivity index (χ0v) is 9.27. The molecule has 0 atom stereocenters. The molecule has 1 fully saturated rings. The van der Waals surface area contributed by atoms with E-state index < -0.39 is 0 Å². The van der Waals surface area contributed by atoms with Gasteiger partial charge in [-0.25, -0.2) is 0 Å². The second kappa shape index (κ2) is 4.98. The molecule has 0 radical (unpaired) electrons. The van der Waals surface area contributed by atoms with Gasteiger partial charge >= 0.3 is 27.5 Å². The van der Waals surface area contributed by atoms with Crippen molar-refractivity contribution < 1.29 is 7.61 Å². The zero-order valence-electron chi connectivity index (χ0n) is 5.39. The van der Waals surface area contributed by atoms with Gasteiger partial charge in [-0.3, -0.25) is 4.79 Å². The van der Waals surface area contributed by atoms with Gasteiger partial charge in [0.15, 0.2) is 0 Å². The van der Waals surface area contributed by atoms with Crippen molar-refractivity contribution in [3.05, 3.63) is 0 Å². The first-order chi connectivity index (χ1) is 4.30. The van der Waals surface area contributed by atoms with Crippen LogP contribution >= 0.6 is 0 Å². The van der Waals surface area contributed by atoms with Crippen molar-refractivity contribution in [2.24, 2.45) is 0 Å². The average molecular weight is 325 g/mol. The Labute approximate surface area is 69.7 Å². The first-order valence-corrected chi connectivity index (χ1v) is 4.34. The summed E-state index contributed by atoms with van der Waals surface area (Å²) in [6.07, 6.45) is 1.81. The molecule has 0 aliphatic carbocycles. The van der Waals surface area contributed by atoms with E-state index in [1.54, 1.807) is 4.90 Å². The van der Waals surface area contributed by atoms with Crippen LogP contribution in [0, 0.1) is 0 Å². The van der Waals surface area contributed by atoms with Gasteiger partial charge in [-0.2, -0.15) is 0 Å². The summed E-state index contributed by atoms with van der Waals surface area (Å²) in [5.41, 5.74) is 0. The zero-order chi connectivity index (χ0) is 7.28. The van der Waals surface area contributed by atoms with E-state index in [2.05, 4.69) is 0 Å². The summed E-state index contributed by atoms with van der Waals surface area (Å²) in [5, 5.41) is 0. The summed E-state index contributed by atoms with van der Waals surface area (Å²) in [4.78, 5) is 12.3. The third-order valence-corrected chi connectivity index (χ3v) is 1.31. The number of hydrogen-bond donors (Lipinski definition) is 0. The summed E-state index contributed by atoms with van der Waals surface area (Å²) < 4.78 is 8.39. The Morgan fingerprint density at radius 1 is 1.56 bits per heavy atom. The van der Waals surface area contributed by atoms with Gasteiger partial charge in [-0.15, -0.1) is 0 Å². The molecule has 4 heteroatoms. The van der Waals surface area contributed by atoms with E-state index in [0.29, 0.717) is 5.91 Å². The Hall–Kier alpha value is 0.153. The van der Waals surface area contributed by atoms with Crippen LogP contribution in [-0.2, 0) is 7.61 Å². The standard InChI is InChI=1S/C5H9NO.Bi.O.H/c1-6-4-2-3-5(6)7;;;/h2-4H2,1H3;;;. The van der Waals surface area contributed by atoms with E-state index >= 15 is 0 Å². The van der Waals surface area contributed by atoms with Gasteiger partial charge in [0.1, 0.15) is 0 Å². The molecule has 1 heterocycles. The summed E-state index contributed by atoms with van der Waals surface area (Å²) in [6.45, 7) is 0.957. The minimum atomic E-state index is 0.0556. The molecule has 0 unspecified atom stereocenters. The monoisotopic (exact) mass is 325 g/mol. The predicted molar refractivity (Wildman–Crippen MR) is 34.7 cm³/mol. The Morgan fingerprint density at radius 2 is 2.11 bits per heavy atom. The molecule has 9 heavy (non-hydrogen) atoms. The van der Waals surface area contributed by atoms with Crippen molar-refractivity contribution in [2.75, 3.05) is 13.6 Å². The molecule has 1 aliphatic rings. The fraction of sp³-hybridized carbons (Fsp3) is 0.800. The summed E-state index contributed by atoms with van der Waals surface area (Å²) >= 11 is 0.0556. The van der Waals surface area contributed by atoms with E-state index in [1.807, 2.05) is 7.05 Å². The van der Waals surface area contributed by atoms with Crippen molar-refractivity contribution in [3.8, 4) is 0 Å². The third kappa shape index (κ3) is 2.99. The maximum absolute atomic E-state index is 10.5. The van der Waals surface area contributed by atoms with Crippen molar-refractivity contribution in [1.82, 2.24) is 4.90 Å². The van der Waals surface area contributed by atoms with E-state index in [1.165, 1.54) is 0 Å². The predicted octanol–water partition coefficient (Wildman–Crippen LogP) is -0.529. The van der Waals surface area contributed by atoms with Gasteiger partial charge in [0.25, 0.3) is 0 Å². The molecule has 3 nitrogen and oxygen atoms in total. The van der Waals surface area contributed by atoms with E-state index in [-0.39, 0.29) is 24.7 Å². The van der Waals surface area contributed by atoms with Crippen molar-refractivity contribution >= 4 is 30.6 Å². The number of amides is 1. The molecule has 1 saturated heterocycles. The van der Waals surface area contributed by atoms with Crippen LogP contribution in [0.4, 0.5) is 0 Å². The topological polar surface area (TPSA) is 37.4 Å². The summed E-state index contributed by atoms with van der Waals surface area (Å²) in [6, 6.07) is 0. The second-order valence-electron chi connectivity index (χ2n) is 1.92. The fourth-order valence-corrected chi connectivity index (χ4v) is 0.783. The first-order valence-electron chi connectivity index (χ1n) is 2.75. The first kappa shape index (κ1) is 9.15. The van der Waals surface area contributed by atoms with Gasteiger partial charge in [0, 0.05) is 20.0 Å². The number of likely N-dealkylation sites (tertiary alicyclic amines) is 1. The van der Waals surface area contributed by atoms with E-state index in [4.69, 9.17) is 2.81 Å². The Kier molecular flexibility index (Phi) is 5.06. The Balaban J connectivity index is 0.000000291. The molecule has 0 bridgehead atoms. The molecule has 0 saturated carbocycles. The van der Waals surface area contributed by atoms with Crippen LogP contribution in [0.2, 0.25) is 0 Å². The normalized spacial score (nSPS) is 17.0. The van der Waals surface area contributed by atoms with Crippen LogP contribution in [0.1, 0.15) is 12.8 Å². The van der Waals surface area contributed by atoms with Crippen LogP contribution in [0.25, 0.3) is 0 Å². The Morgan fingerprint density at radius 3 is 2.22 bits per heavy atom. The molecule has 0 aromatic heterocycles. The molecule has 0 spiro atoms. The van der Waals surface area contributed by atoms with Crippen LogP contribution < -0.4 is 0 Å². The number of carbonyl (C=O) groups excluding carboxylic acids is 1.